The van der Waals surface area contributed by atoms with Crippen LogP contribution in [-0.2, 0) is 20.9 Å². The molecule has 1 aromatic rings. The monoisotopic (exact) mass is 260 g/mol. The van der Waals surface area contributed by atoms with E-state index in [0.717, 1.165) is 18.4 Å². The Bertz CT molecular complexity index is 525. The molecule has 3 heteroatoms. The molecular weight excluding hydrogens is 240 g/mol. The van der Waals surface area contributed by atoms with Gasteiger partial charge in [-0.05, 0) is 18.4 Å². The van der Waals surface area contributed by atoms with Crippen molar-refractivity contribution in [3.8, 4) is 0 Å². The van der Waals surface area contributed by atoms with E-state index < -0.39 is 11.4 Å². The average Bonchev–Trinajstić information content (AvgIpc) is 2.71. The van der Waals surface area contributed by atoms with E-state index in [2.05, 4.69) is 26.2 Å². The second-order valence-corrected chi connectivity index (χ2v) is 4.70. The van der Waals surface area contributed by atoms with Gasteiger partial charge in [-0.1, -0.05) is 50.4 Å². The minimum atomic E-state index is -1.60. The first-order valence-electron chi connectivity index (χ1n) is 6.55. The molecule has 0 amide bonds. The van der Waals surface area contributed by atoms with Gasteiger partial charge in [-0.15, -0.1) is 0 Å². The Balaban J connectivity index is 2.68. The summed E-state index contributed by atoms with van der Waals surface area (Å²) >= 11 is 0. The largest absolute Gasteiger partial charge is 0.488 e. The SMILES string of the molecule is C=C=C(OC)C1(O)OC(CC)(CC)c2ccccc21. The fourth-order valence-electron chi connectivity index (χ4n) is 2.84. The molecule has 102 valence electrons. The summed E-state index contributed by atoms with van der Waals surface area (Å²) < 4.78 is 11.2. The summed E-state index contributed by atoms with van der Waals surface area (Å²) in [7, 11) is 1.48. The molecular formula is C16H20O3. The fraction of sp³-hybridized carbons (Fsp3) is 0.438. The van der Waals surface area contributed by atoms with Crippen molar-refractivity contribution in [2.24, 2.45) is 0 Å². The first kappa shape index (κ1) is 13.9. The van der Waals surface area contributed by atoms with Crippen molar-refractivity contribution >= 4 is 0 Å². The van der Waals surface area contributed by atoms with E-state index in [0.29, 0.717) is 5.56 Å². The third kappa shape index (κ3) is 1.82. The van der Waals surface area contributed by atoms with Crippen molar-refractivity contribution < 1.29 is 14.6 Å². The number of fused-ring (bicyclic) bond motifs is 1. The van der Waals surface area contributed by atoms with Crippen molar-refractivity contribution in [2.45, 2.75) is 38.1 Å². The smallest absolute Gasteiger partial charge is 0.261 e. The molecule has 1 aliphatic heterocycles. The lowest BCUT2D eigenvalue weighted by Gasteiger charge is -2.31. The minimum absolute atomic E-state index is 0.198. The highest BCUT2D eigenvalue weighted by atomic mass is 16.7. The predicted molar refractivity (Wildman–Crippen MR) is 73.3 cm³/mol. The highest BCUT2D eigenvalue weighted by Gasteiger charge is 2.54. The fourth-order valence-corrected chi connectivity index (χ4v) is 2.84. The summed E-state index contributed by atoms with van der Waals surface area (Å²) in [6, 6.07) is 7.69. The molecule has 2 rings (SSSR count). The Labute approximate surface area is 114 Å². The molecule has 1 unspecified atom stereocenters. The standard InChI is InChI=1S/C16H20O3/c1-5-14(18-4)16(17)13-11-9-8-10-12(13)15(6-2,7-3)19-16/h8-11,17H,1,6-7H2,2-4H3. The van der Waals surface area contributed by atoms with Crippen LogP contribution in [0, 0.1) is 0 Å². The zero-order chi connectivity index (χ0) is 14.1. The number of hydrogen-bond donors (Lipinski definition) is 1. The van der Waals surface area contributed by atoms with Crippen LogP contribution in [0.2, 0.25) is 0 Å². The molecule has 1 atom stereocenters. The lowest BCUT2D eigenvalue weighted by atomic mass is 9.86. The zero-order valence-corrected chi connectivity index (χ0v) is 11.7. The molecule has 0 saturated carbocycles. The van der Waals surface area contributed by atoms with Crippen molar-refractivity contribution in [3.63, 3.8) is 0 Å². The highest BCUT2D eigenvalue weighted by Crippen LogP contribution is 2.52. The van der Waals surface area contributed by atoms with Crippen molar-refractivity contribution in [1.82, 2.24) is 0 Å². The minimum Gasteiger partial charge on any atom is -0.488 e. The Morgan fingerprint density at radius 1 is 1.32 bits per heavy atom. The van der Waals surface area contributed by atoms with Gasteiger partial charge in [0, 0.05) is 5.56 Å². The molecule has 1 heterocycles. The van der Waals surface area contributed by atoms with Gasteiger partial charge < -0.3 is 14.6 Å². The van der Waals surface area contributed by atoms with Crippen LogP contribution in [0.4, 0.5) is 0 Å². The molecule has 0 spiro atoms. The van der Waals surface area contributed by atoms with Gasteiger partial charge in [0.15, 0.2) is 0 Å². The molecule has 0 fully saturated rings. The molecule has 19 heavy (non-hydrogen) atoms. The summed E-state index contributed by atoms with van der Waals surface area (Å²) in [5.74, 6) is -1.40. The first-order valence-corrected chi connectivity index (χ1v) is 6.55. The van der Waals surface area contributed by atoms with Crippen LogP contribution < -0.4 is 0 Å². The summed E-state index contributed by atoms with van der Waals surface area (Å²) in [4.78, 5) is 0. The number of ether oxygens (including phenoxy) is 2. The van der Waals surface area contributed by atoms with E-state index >= 15 is 0 Å². The number of hydrogen-bond acceptors (Lipinski definition) is 3. The van der Waals surface area contributed by atoms with Crippen LogP contribution in [0.25, 0.3) is 0 Å². The van der Waals surface area contributed by atoms with Gasteiger partial charge in [0.2, 0.25) is 5.76 Å². The summed E-state index contributed by atoms with van der Waals surface area (Å²) in [5.41, 5.74) is 3.86. The normalized spacial score (nSPS) is 23.6. The van der Waals surface area contributed by atoms with Crippen LogP contribution in [0.3, 0.4) is 0 Å². The summed E-state index contributed by atoms with van der Waals surface area (Å²) in [6.07, 6.45) is 1.55. The molecule has 0 radical (unpaired) electrons. The lowest BCUT2D eigenvalue weighted by Crippen LogP contribution is -2.33. The van der Waals surface area contributed by atoms with Crippen molar-refractivity contribution in [3.05, 3.63) is 53.5 Å². The van der Waals surface area contributed by atoms with Crippen LogP contribution in [0.1, 0.15) is 37.8 Å². The second kappa shape index (κ2) is 4.86. The summed E-state index contributed by atoms with van der Waals surface area (Å²) in [6.45, 7) is 7.67. The maximum Gasteiger partial charge on any atom is 0.261 e. The number of rotatable bonds is 4. The third-order valence-electron chi connectivity index (χ3n) is 3.94. The maximum absolute atomic E-state index is 10.9. The van der Waals surface area contributed by atoms with Crippen LogP contribution in [0.5, 0.6) is 0 Å². The number of aliphatic hydroxyl groups is 1. The number of benzene rings is 1. The predicted octanol–water partition coefficient (Wildman–Crippen LogP) is 3.19. The van der Waals surface area contributed by atoms with Crippen LogP contribution in [0.15, 0.2) is 42.3 Å². The van der Waals surface area contributed by atoms with E-state index in [1.807, 2.05) is 24.3 Å². The zero-order valence-electron chi connectivity index (χ0n) is 11.7. The van der Waals surface area contributed by atoms with Gasteiger partial charge >= 0.3 is 0 Å². The van der Waals surface area contributed by atoms with Gasteiger partial charge in [-0.25, -0.2) is 0 Å². The topological polar surface area (TPSA) is 38.7 Å². The molecule has 0 bridgehead atoms. The Morgan fingerprint density at radius 2 is 1.89 bits per heavy atom. The van der Waals surface area contributed by atoms with Crippen LogP contribution in [-0.4, -0.2) is 12.2 Å². The first-order chi connectivity index (χ1) is 9.07. The van der Waals surface area contributed by atoms with Gasteiger partial charge in [0.1, 0.15) is 0 Å². The van der Waals surface area contributed by atoms with Gasteiger partial charge in [0.25, 0.3) is 5.79 Å². The van der Waals surface area contributed by atoms with E-state index in [1.165, 1.54) is 7.11 Å². The Hall–Kier alpha value is -1.54. The van der Waals surface area contributed by atoms with Gasteiger partial charge in [-0.3, -0.25) is 0 Å². The van der Waals surface area contributed by atoms with Gasteiger partial charge in [-0.2, -0.15) is 0 Å². The molecule has 1 aromatic carbocycles. The molecule has 0 aromatic heterocycles. The van der Waals surface area contributed by atoms with Crippen molar-refractivity contribution in [2.75, 3.05) is 7.11 Å². The van der Waals surface area contributed by atoms with E-state index in [-0.39, 0.29) is 5.76 Å². The van der Waals surface area contributed by atoms with E-state index in [9.17, 15) is 5.11 Å². The molecule has 3 nitrogen and oxygen atoms in total. The Kier molecular flexibility index (Phi) is 3.55. The molecule has 1 aliphatic rings. The third-order valence-corrected chi connectivity index (χ3v) is 3.94. The van der Waals surface area contributed by atoms with E-state index in [1.54, 1.807) is 0 Å². The molecule has 0 saturated heterocycles. The van der Waals surface area contributed by atoms with E-state index in [4.69, 9.17) is 9.47 Å². The van der Waals surface area contributed by atoms with Gasteiger partial charge in [0.05, 0.1) is 12.7 Å². The Morgan fingerprint density at radius 3 is 2.37 bits per heavy atom. The van der Waals surface area contributed by atoms with Crippen molar-refractivity contribution in [1.29, 1.82) is 0 Å². The van der Waals surface area contributed by atoms with Crippen LogP contribution >= 0.6 is 0 Å². The maximum atomic E-state index is 10.9. The molecule has 1 N–H and O–H groups in total. The second-order valence-electron chi connectivity index (χ2n) is 4.70. The average molecular weight is 260 g/mol. The highest BCUT2D eigenvalue weighted by molar-refractivity contribution is 5.43. The molecule has 0 aliphatic carbocycles. The summed E-state index contributed by atoms with van der Waals surface area (Å²) in [5, 5.41) is 10.9. The quantitative estimate of drug-likeness (QED) is 0.667. The lowest BCUT2D eigenvalue weighted by molar-refractivity contribution is -0.254. The number of methoxy groups -OCH3 is 1.